The Balaban J connectivity index is 1.30. The van der Waals surface area contributed by atoms with Gasteiger partial charge in [-0.05, 0) is 117 Å². The fourth-order valence-corrected chi connectivity index (χ4v) is 6.69. The van der Waals surface area contributed by atoms with Gasteiger partial charge in [-0.2, -0.15) is 0 Å². The van der Waals surface area contributed by atoms with Crippen molar-refractivity contribution in [1.82, 2.24) is 10.3 Å². The van der Waals surface area contributed by atoms with Gasteiger partial charge in [0.1, 0.15) is 0 Å². The molecule has 0 radical (unpaired) electrons. The molecule has 1 atom stereocenters. The highest BCUT2D eigenvalue weighted by Crippen LogP contribution is 2.42. The lowest BCUT2D eigenvalue weighted by Crippen LogP contribution is -2.36. The van der Waals surface area contributed by atoms with E-state index in [1.165, 1.54) is 37.9 Å². The summed E-state index contributed by atoms with van der Waals surface area (Å²) in [5, 5.41) is 13.5. The average molecular weight is 539 g/mol. The zero-order valence-corrected chi connectivity index (χ0v) is 22.8. The lowest BCUT2D eigenvalue weighted by Gasteiger charge is -2.30. The monoisotopic (exact) mass is 538 g/mol. The van der Waals surface area contributed by atoms with Crippen LogP contribution in [0.5, 0.6) is 0 Å². The quantitative estimate of drug-likeness (QED) is 0.183. The summed E-state index contributed by atoms with van der Waals surface area (Å²) < 4.78 is 0. The maximum Gasteiger partial charge on any atom is 0.0874 e. The molecule has 4 nitrogen and oxygen atoms in total. The summed E-state index contributed by atoms with van der Waals surface area (Å²) >= 11 is 0. The molecule has 5 heterocycles. The first kappa shape index (κ1) is 23.2. The second-order valence-electron chi connectivity index (χ2n) is 11.4. The van der Waals surface area contributed by atoms with Gasteiger partial charge in [0.05, 0.1) is 28.4 Å². The minimum Gasteiger partial charge on any atom is -0.372 e. The smallest absolute Gasteiger partial charge is 0.0874 e. The maximum absolute atomic E-state index is 5.03. The number of benzene rings is 4. The molecule has 0 aliphatic carbocycles. The number of nitrogens with one attached hydrogen (secondary N) is 2. The number of hydrogen-bond acceptors (Lipinski definition) is 3. The van der Waals surface area contributed by atoms with Gasteiger partial charge in [-0.25, -0.2) is 9.98 Å². The van der Waals surface area contributed by atoms with Gasteiger partial charge >= 0.3 is 0 Å². The summed E-state index contributed by atoms with van der Waals surface area (Å²) in [6.45, 7) is 0. The molecule has 0 spiro atoms. The molecule has 2 N–H and O–H groups in total. The van der Waals surface area contributed by atoms with Crippen LogP contribution >= 0.6 is 0 Å². The number of rotatable bonds is 1. The molecule has 9 rings (SSSR count). The molecule has 1 unspecified atom stereocenters. The average Bonchev–Trinajstić information content (AvgIpc) is 3.82. The maximum atomic E-state index is 5.03. The molecule has 4 aliphatic rings. The minimum atomic E-state index is -0.484. The molecular formula is C38H26N4. The molecule has 198 valence electrons. The third kappa shape index (κ3) is 3.76. The van der Waals surface area contributed by atoms with Crippen LogP contribution in [0.1, 0.15) is 12.0 Å². The van der Waals surface area contributed by atoms with Gasteiger partial charge in [0.25, 0.3) is 0 Å². The highest BCUT2D eigenvalue weighted by molar-refractivity contribution is 6.20. The zero-order chi connectivity index (χ0) is 27.7. The summed E-state index contributed by atoms with van der Waals surface area (Å²) in [7, 11) is 0. The molecule has 0 saturated carbocycles. The Hall–Kier alpha value is -5.48. The minimum absolute atomic E-state index is 0.484. The molecule has 4 heteroatoms. The van der Waals surface area contributed by atoms with Crippen LogP contribution in [-0.4, -0.2) is 16.4 Å². The lowest BCUT2D eigenvalue weighted by molar-refractivity contribution is 0.508. The molecule has 42 heavy (non-hydrogen) atoms. The van der Waals surface area contributed by atoms with E-state index in [2.05, 4.69) is 144 Å². The third-order valence-corrected chi connectivity index (χ3v) is 8.62. The first-order valence-electron chi connectivity index (χ1n) is 14.4. The number of H-pyrrole nitrogens is 1. The van der Waals surface area contributed by atoms with Crippen molar-refractivity contribution in [2.24, 2.45) is 9.98 Å². The van der Waals surface area contributed by atoms with E-state index in [0.29, 0.717) is 0 Å². The first-order valence-corrected chi connectivity index (χ1v) is 14.4. The fourth-order valence-electron chi connectivity index (χ4n) is 6.69. The van der Waals surface area contributed by atoms with E-state index >= 15 is 0 Å². The molecule has 8 bridgehead atoms. The van der Waals surface area contributed by atoms with Gasteiger partial charge in [-0.1, -0.05) is 60.7 Å². The van der Waals surface area contributed by atoms with Crippen LogP contribution in [0.25, 0.3) is 44.5 Å². The Morgan fingerprint density at radius 1 is 0.619 bits per heavy atom. The van der Waals surface area contributed by atoms with Crippen LogP contribution < -0.4 is 16.0 Å². The lowest BCUT2D eigenvalue weighted by atomic mass is 9.82. The second-order valence-corrected chi connectivity index (χ2v) is 11.4. The van der Waals surface area contributed by atoms with Crippen molar-refractivity contribution < 1.29 is 0 Å². The number of fused-ring (bicyclic) bond motifs is 10. The van der Waals surface area contributed by atoms with E-state index in [9.17, 15) is 0 Å². The number of nitrogens with zero attached hydrogens (tertiary/aromatic N) is 2. The van der Waals surface area contributed by atoms with E-state index in [-0.39, 0.29) is 0 Å². The van der Waals surface area contributed by atoms with Gasteiger partial charge < -0.3 is 10.3 Å². The Morgan fingerprint density at radius 2 is 1.33 bits per heavy atom. The summed E-state index contributed by atoms with van der Waals surface area (Å²) in [6.07, 6.45) is 20.1. The number of aliphatic imine (C=N–C) groups is 2. The van der Waals surface area contributed by atoms with Crippen LogP contribution in [-0.2, 0) is 5.54 Å². The molecule has 5 aromatic rings. The topological polar surface area (TPSA) is 52.5 Å². The van der Waals surface area contributed by atoms with E-state index in [4.69, 9.17) is 9.98 Å². The third-order valence-electron chi connectivity index (χ3n) is 8.62. The molecule has 0 fully saturated rings. The van der Waals surface area contributed by atoms with Crippen molar-refractivity contribution in [1.29, 1.82) is 0 Å². The van der Waals surface area contributed by atoms with Crippen LogP contribution in [0.15, 0.2) is 148 Å². The molecule has 0 amide bonds. The summed E-state index contributed by atoms with van der Waals surface area (Å²) in [4.78, 5) is 13.4. The predicted molar refractivity (Wildman–Crippen MR) is 175 cm³/mol. The van der Waals surface area contributed by atoms with E-state index < -0.39 is 5.54 Å². The SMILES string of the molecule is C1=CC2=NC1=CC1=CCC(c3cccc4ccc5cc6ccccc6cc5c34)(C=C3C=CC(=N3)C=c3ccc([nH]3)=C2)N1. The van der Waals surface area contributed by atoms with Crippen LogP contribution in [0.4, 0.5) is 0 Å². The summed E-state index contributed by atoms with van der Waals surface area (Å²) in [5.74, 6) is 0. The van der Waals surface area contributed by atoms with Crippen molar-refractivity contribution in [3.8, 4) is 0 Å². The van der Waals surface area contributed by atoms with Crippen LogP contribution in [0, 0.1) is 0 Å². The fraction of sp³-hybridized carbons (Fsp3) is 0.0526. The van der Waals surface area contributed by atoms with Crippen molar-refractivity contribution in [3.05, 3.63) is 155 Å². The molecule has 0 saturated heterocycles. The predicted octanol–water partition coefficient (Wildman–Crippen LogP) is 6.61. The normalized spacial score (nSPS) is 20.5. The van der Waals surface area contributed by atoms with Crippen LogP contribution in [0.2, 0.25) is 0 Å². The highest BCUT2D eigenvalue weighted by Gasteiger charge is 2.36. The Labute approximate surface area is 242 Å². The van der Waals surface area contributed by atoms with Crippen molar-refractivity contribution >= 4 is 55.9 Å². The number of aromatic nitrogens is 1. The van der Waals surface area contributed by atoms with Gasteiger partial charge in [-0.3, -0.25) is 0 Å². The van der Waals surface area contributed by atoms with Crippen LogP contribution in [0.3, 0.4) is 0 Å². The largest absolute Gasteiger partial charge is 0.372 e. The van der Waals surface area contributed by atoms with E-state index in [0.717, 1.165) is 45.6 Å². The first-order chi connectivity index (χ1) is 20.7. The Bertz CT molecular complexity index is 2350. The number of aromatic amines is 1. The van der Waals surface area contributed by atoms with Crippen molar-refractivity contribution in [2.45, 2.75) is 12.0 Å². The van der Waals surface area contributed by atoms with Gasteiger partial charge in [0.2, 0.25) is 0 Å². The summed E-state index contributed by atoms with van der Waals surface area (Å²) in [6, 6.07) is 28.6. The highest BCUT2D eigenvalue weighted by atomic mass is 15.0. The number of hydrogen-bond donors (Lipinski definition) is 2. The van der Waals surface area contributed by atoms with E-state index in [1.807, 2.05) is 0 Å². The number of allylic oxidation sites excluding steroid dienone is 5. The van der Waals surface area contributed by atoms with Gasteiger partial charge in [0, 0.05) is 16.4 Å². The molecule has 1 aromatic heterocycles. The summed E-state index contributed by atoms with van der Waals surface area (Å²) in [5.41, 5.74) is 5.56. The van der Waals surface area contributed by atoms with Gasteiger partial charge in [0.15, 0.2) is 0 Å². The van der Waals surface area contributed by atoms with Gasteiger partial charge in [-0.15, -0.1) is 0 Å². The standard InChI is InChI=1S/C38H26N4/c1-2-5-26-19-35-27(18-25(26)4-1)9-8-24-6-3-7-36(37(24)35)38-17-16-33(42-38)22-32-13-12-29(40-32)20-28-10-11-30(39-28)21-31-14-15-34(23-38)41-31/h1-16,18-23,39,42H,17H2. The van der Waals surface area contributed by atoms with E-state index in [1.54, 1.807) is 0 Å². The molecule has 4 aromatic carbocycles. The molecule has 4 aliphatic heterocycles. The molecular weight excluding hydrogens is 512 g/mol. The second kappa shape index (κ2) is 8.76. The van der Waals surface area contributed by atoms with Crippen molar-refractivity contribution in [3.63, 3.8) is 0 Å². The Kier molecular flexibility index (Phi) is 4.85. The van der Waals surface area contributed by atoms with Crippen molar-refractivity contribution in [2.75, 3.05) is 0 Å². The Morgan fingerprint density at radius 3 is 2.17 bits per heavy atom. The zero-order valence-electron chi connectivity index (χ0n) is 22.8.